The average Bonchev–Trinajstić information content (AvgIpc) is 3.12. The fourth-order valence-corrected chi connectivity index (χ4v) is 2.08. The SMILES string of the molecule is C[C@H](C(=O)Nc1ccc(C#N)cc1)n1nnc(-c2ccc(F)cc2)n1. The lowest BCUT2D eigenvalue weighted by molar-refractivity contribution is -0.119. The monoisotopic (exact) mass is 336 g/mol. The number of nitriles is 1. The number of anilines is 1. The number of amides is 1. The summed E-state index contributed by atoms with van der Waals surface area (Å²) < 4.78 is 13.0. The minimum Gasteiger partial charge on any atom is -0.324 e. The number of halogens is 1. The van der Waals surface area contributed by atoms with Crippen LogP contribution in [-0.2, 0) is 4.79 Å². The van der Waals surface area contributed by atoms with Crippen LogP contribution in [0.3, 0.4) is 0 Å². The minimum atomic E-state index is -0.697. The van der Waals surface area contributed by atoms with Gasteiger partial charge in [0, 0.05) is 11.3 Å². The van der Waals surface area contributed by atoms with E-state index in [1.54, 1.807) is 31.2 Å². The van der Waals surface area contributed by atoms with E-state index in [4.69, 9.17) is 5.26 Å². The third-order valence-electron chi connectivity index (χ3n) is 3.54. The Hall–Kier alpha value is -3.60. The molecule has 2 aromatic carbocycles. The quantitative estimate of drug-likeness (QED) is 0.790. The molecule has 1 heterocycles. The second-order valence-corrected chi connectivity index (χ2v) is 5.29. The summed E-state index contributed by atoms with van der Waals surface area (Å²) >= 11 is 0. The fraction of sp³-hybridized carbons (Fsp3) is 0.118. The van der Waals surface area contributed by atoms with Crippen molar-refractivity contribution in [2.75, 3.05) is 5.32 Å². The maximum Gasteiger partial charge on any atom is 0.250 e. The Kier molecular flexibility index (Phi) is 4.48. The van der Waals surface area contributed by atoms with Gasteiger partial charge in [-0.15, -0.1) is 10.2 Å². The molecule has 0 aliphatic carbocycles. The molecule has 8 heteroatoms. The molecule has 0 aliphatic rings. The number of aromatic nitrogens is 4. The number of hydrogen-bond acceptors (Lipinski definition) is 5. The Bertz CT molecular complexity index is 927. The first-order valence-electron chi connectivity index (χ1n) is 7.43. The highest BCUT2D eigenvalue weighted by molar-refractivity contribution is 5.93. The molecule has 1 N–H and O–H groups in total. The largest absolute Gasteiger partial charge is 0.324 e. The Morgan fingerprint density at radius 1 is 1.20 bits per heavy atom. The Morgan fingerprint density at radius 2 is 1.88 bits per heavy atom. The number of carbonyl (C=O) groups excluding carboxylic acids is 1. The molecule has 0 spiro atoms. The van der Waals surface area contributed by atoms with E-state index in [0.717, 1.165) is 0 Å². The van der Waals surface area contributed by atoms with Gasteiger partial charge in [-0.3, -0.25) is 4.79 Å². The van der Waals surface area contributed by atoms with Crippen LogP contribution in [0.4, 0.5) is 10.1 Å². The molecule has 25 heavy (non-hydrogen) atoms. The van der Waals surface area contributed by atoms with Gasteiger partial charge in [0.2, 0.25) is 5.82 Å². The van der Waals surface area contributed by atoms with E-state index in [0.29, 0.717) is 22.6 Å². The van der Waals surface area contributed by atoms with Gasteiger partial charge >= 0.3 is 0 Å². The number of tetrazole rings is 1. The highest BCUT2D eigenvalue weighted by Gasteiger charge is 2.19. The highest BCUT2D eigenvalue weighted by Crippen LogP contribution is 2.16. The van der Waals surface area contributed by atoms with E-state index in [1.165, 1.54) is 29.1 Å². The first kappa shape index (κ1) is 16.3. The van der Waals surface area contributed by atoms with Crippen LogP contribution in [0.25, 0.3) is 11.4 Å². The lowest BCUT2D eigenvalue weighted by atomic mass is 10.2. The van der Waals surface area contributed by atoms with Crippen LogP contribution in [0.1, 0.15) is 18.5 Å². The van der Waals surface area contributed by atoms with Gasteiger partial charge in [0.1, 0.15) is 11.9 Å². The lowest BCUT2D eigenvalue weighted by Gasteiger charge is -2.10. The van der Waals surface area contributed by atoms with Gasteiger partial charge in [0.15, 0.2) is 0 Å². The molecule has 1 aromatic heterocycles. The van der Waals surface area contributed by atoms with Crippen LogP contribution in [0.2, 0.25) is 0 Å². The van der Waals surface area contributed by atoms with Crippen LogP contribution in [0, 0.1) is 17.1 Å². The molecule has 1 amide bonds. The zero-order valence-electron chi connectivity index (χ0n) is 13.2. The van der Waals surface area contributed by atoms with E-state index in [-0.39, 0.29) is 11.7 Å². The first-order chi connectivity index (χ1) is 12.1. The van der Waals surface area contributed by atoms with Gasteiger partial charge < -0.3 is 5.32 Å². The summed E-state index contributed by atoms with van der Waals surface area (Å²) in [5.41, 5.74) is 1.68. The average molecular weight is 336 g/mol. The molecular weight excluding hydrogens is 323 g/mol. The van der Waals surface area contributed by atoms with Crippen LogP contribution in [-0.4, -0.2) is 26.1 Å². The molecule has 3 aromatic rings. The standard InChI is InChI=1S/C17H13FN6O/c1-11(17(25)20-15-8-2-12(10-19)3-9-15)24-22-16(21-23-24)13-4-6-14(18)7-5-13/h2-9,11H,1H3,(H,20,25)/t11-/m1/s1. The number of nitrogens with zero attached hydrogens (tertiary/aromatic N) is 5. The van der Waals surface area contributed by atoms with E-state index >= 15 is 0 Å². The molecule has 0 radical (unpaired) electrons. The van der Waals surface area contributed by atoms with Gasteiger partial charge in [-0.25, -0.2) is 4.39 Å². The zero-order chi connectivity index (χ0) is 17.8. The van der Waals surface area contributed by atoms with Crippen molar-refractivity contribution in [2.24, 2.45) is 0 Å². The summed E-state index contributed by atoms with van der Waals surface area (Å²) in [6, 6.07) is 13.5. The summed E-state index contributed by atoms with van der Waals surface area (Å²) in [5.74, 6) is -0.378. The highest BCUT2D eigenvalue weighted by atomic mass is 19.1. The second kappa shape index (κ2) is 6.88. The van der Waals surface area contributed by atoms with Gasteiger partial charge in [0.05, 0.1) is 11.6 Å². The van der Waals surface area contributed by atoms with Crippen molar-refractivity contribution in [3.63, 3.8) is 0 Å². The molecular formula is C17H13FN6O. The molecule has 0 bridgehead atoms. The van der Waals surface area contributed by atoms with Crippen molar-refractivity contribution in [3.05, 3.63) is 59.9 Å². The summed E-state index contributed by atoms with van der Waals surface area (Å²) in [7, 11) is 0. The van der Waals surface area contributed by atoms with E-state index < -0.39 is 6.04 Å². The normalized spacial score (nSPS) is 11.6. The smallest absolute Gasteiger partial charge is 0.250 e. The van der Waals surface area contributed by atoms with Crippen molar-refractivity contribution in [1.29, 1.82) is 5.26 Å². The third-order valence-corrected chi connectivity index (χ3v) is 3.54. The summed E-state index contributed by atoms with van der Waals surface area (Å²) in [6.45, 7) is 1.63. The summed E-state index contributed by atoms with van der Waals surface area (Å²) in [5, 5.41) is 23.4. The maximum absolute atomic E-state index is 13.0. The molecule has 1 atom stereocenters. The fourth-order valence-electron chi connectivity index (χ4n) is 2.08. The van der Waals surface area contributed by atoms with E-state index in [2.05, 4.69) is 20.7 Å². The zero-order valence-corrected chi connectivity index (χ0v) is 13.2. The molecule has 0 aliphatic heterocycles. The second-order valence-electron chi connectivity index (χ2n) is 5.29. The maximum atomic E-state index is 13.0. The Balaban J connectivity index is 1.71. The number of carbonyl (C=O) groups is 1. The van der Waals surface area contributed by atoms with Crippen molar-refractivity contribution in [1.82, 2.24) is 20.2 Å². The number of nitrogens with one attached hydrogen (secondary N) is 1. The summed E-state index contributed by atoms with van der Waals surface area (Å²) in [4.78, 5) is 13.5. The molecule has 3 rings (SSSR count). The van der Waals surface area contributed by atoms with Crippen LogP contribution < -0.4 is 5.32 Å². The predicted molar refractivity (Wildman–Crippen MR) is 87.7 cm³/mol. The molecule has 0 unspecified atom stereocenters. The van der Waals surface area contributed by atoms with Crippen molar-refractivity contribution < 1.29 is 9.18 Å². The van der Waals surface area contributed by atoms with Gasteiger partial charge in [0.25, 0.3) is 5.91 Å². The van der Waals surface area contributed by atoms with Gasteiger partial charge in [-0.2, -0.15) is 10.1 Å². The Labute approximate surface area is 142 Å². The van der Waals surface area contributed by atoms with Gasteiger partial charge in [-0.05, 0) is 60.7 Å². The Morgan fingerprint density at radius 3 is 2.52 bits per heavy atom. The van der Waals surface area contributed by atoms with E-state index in [9.17, 15) is 9.18 Å². The predicted octanol–water partition coefficient (Wildman–Crippen LogP) is 2.55. The van der Waals surface area contributed by atoms with Crippen LogP contribution >= 0.6 is 0 Å². The molecule has 0 fully saturated rings. The summed E-state index contributed by atoms with van der Waals surface area (Å²) in [6.07, 6.45) is 0. The number of rotatable bonds is 4. The molecule has 124 valence electrons. The van der Waals surface area contributed by atoms with Crippen LogP contribution in [0.15, 0.2) is 48.5 Å². The molecule has 7 nitrogen and oxygen atoms in total. The third kappa shape index (κ3) is 3.67. The van der Waals surface area contributed by atoms with Crippen molar-refractivity contribution in [3.8, 4) is 17.5 Å². The van der Waals surface area contributed by atoms with Crippen molar-refractivity contribution in [2.45, 2.75) is 13.0 Å². The number of hydrogen-bond donors (Lipinski definition) is 1. The molecule has 0 saturated heterocycles. The minimum absolute atomic E-state index is 0.304. The van der Waals surface area contributed by atoms with Crippen LogP contribution in [0.5, 0.6) is 0 Å². The first-order valence-corrected chi connectivity index (χ1v) is 7.43. The van der Waals surface area contributed by atoms with Gasteiger partial charge in [-0.1, -0.05) is 0 Å². The lowest BCUT2D eigenvalue weighted by Crippen LogP contribution is -2.25. The number of benzene rings is 2. The molecule has 0 saturated carbocycles. The van der Waals surface area contributed by atoms with Crippen molar-refractivity contribution >= 4 is 11.6 Å². The van der Waals surface area contributed by atoms with E-state index in [1.807, 2.05) is 6.07 Å². The topological polar surface area (TPSA) is 96.5 Å².